The number of nitrogens with zero attached hydrogens (tertiary/aromatic N) is 3. The van der Waals surface area contributed by atoms with Crippen LogP contribution in [0.25, 0.3) is 11.4 Å². The van der Waals surface area contributed by atoms with Gasteiger partial charge in [-0.1, -0.05) is 56.3 Å². The van der Waals surface area contributed by atoms with E-state index in [0.29, 0.717) is 18.3 Å². The lowest BCUT2D eigenvalue weighted by molar-refractivity contribution is -0.126. The summed E-state index contributed by atoms with van der Waals surface area (Å²) >= 11 is 1.88. The van der Waals surface area contributed by atoms with Crippen LogP contribution >= 0.6 is 11.8 Å². The molecular weight excluding hydrogens is 372 g/mol. The predicted molar refractivity (Wildman–Crippen MR) is 113 cm³/mol. The Hall–Kier alpha value is -1.86. The van der Waals surface area contributed by atoms with E-state index in [9.17, 15) is 4.79 Å². The van der Waals surface area contributed by atoms with Gasteiger partial charge in [-0.3, -0.25) is 9.69 Å². The highest BCUT2D eigenvalue weighted by Gasteiger charge is 2.26. The van der Waals surface area contributed by atoms with Crippen LogP contribution in [0.3, 0.4) is 0 Å². The van der Waals surface area contributed by atoms with Crippen molar-refractivity contribution in [2.75, 3.05) is 25.4 Å². The molecular formula is C21H30N4O2S. The zero-order valence-corrected chi connectivity index (χ0v) is 17.8. The zero-order valence-electron chi connectivity index (χ0n) is 17.0. The second-order valence-corrected chi connectivity index (χ2v) is 10.1. The Labute approximate surface area is 171 Å². The van der Waals surface area contributed by atoms with E-state index in [0.717, 1.165) is 43.8 Å². The molecule has 3 rings (SSSR count). The fourth-order valence-electron chi connectivity index (χ4n) is 3.24. The molecule has 1 aromatic heterocycles. The van der Waals surface area contributed by atoms with E-state index >= 15 is 0 Å². The SMILES string of the molecule is CC(C)(C)SCCNC(=O)C1CCN(Cc2nc(-c3ccccc3)no2)CC1. The minimum absolute atomic E-state index is 0.110. The van der Waals surface area contributed by atoms with E-state index < -0.39 is 0 Å². The summed E-state index contributed by atoms with van der Waals surface area (Å²) in [6.45, 7) is 9.71. The van der Waals surface area contributed by atoms with Crippen molar-refractivity contribution in [1.82, 2.24) is 20.4 Å². The highest BCUT2D eigenvalue weighted by Crippen LogP contribution is 2.23. The van der Waals surface area contributed by atoms with Crippen LogP contribution in [-0.4, -0.2) is 51.1 Å². The van der Waals surface area contributed by atoms with Gasteiger partial charge in [-0.25, -0.2) is 0 Å². The molecule has 0 saturated carbocycles. The average Bonchev–Trinajstić information content (AvgIpc) is 3.14. The summed E-state index contributed by atoms with van der Waals surface area (Å²) in [6.07, 6.45) is 1.75. The third-order valence-corrected chi connectivity index (χ3v) is 6.03. The zero-order chi connectivity index (χ0) is 20.0. The van der Waals surface area contributed by atoms with E-state index in [1.54, 1.807) is 0 Å². The molecule has 0 unspecified atom stereocenters. The van der Waals surface area contributed by atoms with Gasteiger partial charge in [-0.05, 0) is 25.9 Å². The second-order valence-electron chi connectivity index (χ2n) is 8.18. The normalized spacial score (nSPS) is 16.2. The molecule has 7 heteroatoms. The molecule has 2 heterocycles. The summed E-state index contributed by atoms with van der Waals surface area (Å²) < 4.78 is 5.65. The number of hydrogen-bond acceptors (Lipinski definition) is 6. The Morgan fingerprint density at radius 3 is 2.64 bits per heavy atom. The first kappa shape index (κ1) is 20.9. The van der Waals surface area contributed by atoms with E-state index in [-0.39, 0.29) is 16.6 Å². The van der Waals surface area contributed by atoms with Gasteiger partial charge in [-0.2, -0.15) is 16.7 Å². The third-order valence-electron chi connectivity index (χ3n) is 4.75. The molecule has 1 N–H and O–H groups in total. The van der Waals surface area contributed by atoms with E-state index in [1.165, 1.54) is 0 Å². The number of piperidine rings is 1. The molecule has 28 heavy (non-hydrogen) atoms. The number of benzene rings is 1. The van der Waals surface area contributed by atoms with Gasteiger partial charge in [0.05, 0.1) is 6.54 Å². The summed E-state index contributed by atoms with van der Waals surface area (Å²) in [5.41, 5.74) is 0.956. The molecule has 1 saturated heterocycles. The van der Waals surface area contributed by atoms with Crippen LogP contribution in [0.15, 0.2) is 34.9 Å². The fraction of sp³-hybridized carbons (Fsp3) is 0.571. The lowest BCUT2D eigenvalue weighted by atomic mass is 9.96. The Bertz CT molecular complexity index is 749. The monoisotopic (exact) mass is 402 g/mol. The predicted octanol–water partition coefficient (Wildman–Crippen LogP) is 3.60. The van der Waals surface area contributed by atoms with Crippen molar-refractivity contribution in [2.45, 2.75) is 44.9 Å². The number of carbonyl (C=O) groups is 1. The molecule has 2 aromatic rings. The van der Waals surface area contributed by atoms with Gasteiger partial charge in [0.25, 0.3) is 0 Å². The highest BCUT2D eigenvalue weighted by molar-refractivity contribution is 8.00. The van der Waals surface area contributed by atoms with Gasteiger partial charge in [0.2, 0.25) is 17.6 Å². The molecule has 0 atom stereocenters. The fourth-order valence-corrected chi connectivity index (χ4v) is 4.06. The summed E-state index contributed by atoms with van der Waals surface area (Å²) in [7, 11) is 0. The molecule has 1 aliphatic rings. The van der Waals surface area contributed by atoms with Gasteiger partial charge in [-0.15, -0.1) is 0 Å². The largest absolute Gasteiger partial charge is 0.355 e. The number of aromatic nitrogens is 2. The molecule has 1 aromatic carbocycles. The van der Waals surface area contributed by atoms with E-state index in [1.807, 2.05) is 42.1 Å². The average molecular weight is 403 g/mol. The Balaban J connectivity index is 1.40. The molecule has 1 amide bonds. The second kappa shape index (κ2) is 9.56. The third kappa shape index (κ3) is 6.34. The van der Waals surface area contributed by atoms with Crippen LogP contribution < -0.4 is 5.32 Å². The first-order chi connectivity index (χ1) is 13.4. The number of thioether (sulfide) groups is 1. The molecule has 0 bridgehead atoms. The van der Waals surface area contributed by atoms with Gasteiger partial charge < -0.3 is 9.84 Å². The molecule has 0 spiro atoms. The summed E-state index contributed by atoms with van der Waals surface area (Å²) in [4.78, 5) is 19.1. The number of carbonyl (C=O) groups excluding carboxylic acids is 1. The lowest BCUT2D eigenvalue weighted by Crippen LogP contribution is -2.40. The smallest absolute Gasteiger partial charge is 0.241 e. The van der Waals surface area contributed by atoms with Gasteiger partial charge in [0, 0.05) is 28.5 Å². The molecule has 0 aliphatic carbocycles. The van der Waals surface area contributed by atoms with Crippen LogP contribution in [0.4, 0.5) is 0 Å². The van der Waals surface area contributed by atoms with Crippen LogP contribution in [0.2, 0.25) is 0 Å². The maximum absolute atomic E-state index is 12.4. The lowest BCUT2D eigenvalue weighted by Gasteiger charge is -2.30. The van der Waals surface area contributed by atoms with Crippen molar-refractivity contribution >= 4 is 17.7 Å². The van der Waals surface area contributed by atoms with E-state index in [2.05, 4.69) is 41.1 Å². The standard InChI is InChI=1S/C21H30N4O2S/c1-21(2,3)28-14-11-22-20(26)17-9-12-25(13-10-17)15-18-23-19(24-27-18)16-7-5-4-6-8-16/h4-8,17H,9-15H2,1-3H3,(H,22,26). The number of amides is 1. The van der Waals surface area contributed by atoms with Crippen molar-refractivity contribution in [2.24, 2.45) is 5.92 Å². The molecule has 0 radical (unpaired) electrons. The van der Waals surface area contributed by atoms with Crippen molar-refractivity contribution in [3.8, 4) is 11.4 Å². The van der Waals surface area contributed by atoms with Crippen LogP contribution in [0, 0.1) is 5.92 Å². The molecule has 1 aliphatic heterocycles. The first-order valence-corrected chi connectivity index (χ1v) is 10.9. The topological polar surface area (TPSA) is 71.3 Å². The van der Waals surface area contributed by atoms with Crippen molar-refractivity contribution in [1.29, 1.82) is 0 Å². The van der Waals surface area contributed by atoms with Gasteiger partial charge in [0.15, 0.2) is 0 Å². The van der Waals surface area contributed by atoms with Crippen molar-refractivity contribution in [3.05, 3.63) is 36.2 Å². The quantitative estimate of drug-likeness (QED) is 0.714. The van der Waals surface area contributed by atoms with Crippen LogP contribution in [0.5, 0.6) is 0 Å². The summed E-state index contributed by atoms with van der Waals surface area (Å²) in [5.74, 6) is 2.50. The van der Waals surface area contributed by atoms with Gasteiger partial charge >= 0.3 is 0 Å². The molecule has 152 valence electrons. The Morgan fingerprint density at radius 1 is 1.25 bits per heavy atom. The summed E-state index contributed by atoms with van der Waals surface area (Å²) in [5, 5.41) is 7.17. The van der Waals surface area contributed by atoms with Crippen LogP contribution in [0.1, 0.15) is 39.5 Å². The summed E-state index contributed by atoms with van der Waals surface area (Å²) in [6, 6.07) is 9.83. The maximum atomic E-state index is 12.4. The Morgan fingerprint density at radius 2 is 1.96 bits per heavy atom. The maximum Gasteiger partial charge on any atom is 0.241 e. The number of hydrogen-bond donors (Lipinski definition) is 1. The first-order valence-electron chi connectivity index (χ1n) is 9.93. The van der Waals surface area contributed by atoms with E-state index in [4.69, 9.17) is 4.52 Å². The van der Waals surface area contributed by atoms with Gasteiger partial charge in [0.1, 0.15) is 0 Å². The Kier molecular flexibility index (Phi) is 7.13. The highest BCUT2D eigenvalue weighted by atomic mass is 32.2. The van der Waals surface area contributed by atoms with Crippen molar-refractivity contribution in [3.63, 3.8) is 0 Å². The molecule has 6 nitrogen and oxygen atoms in total. The molecule has 1 fully saturated rings. The number of nitrogens with one attached hydrogen (secondary N) is 1. The minimum atomic E-state index is 0.110. The minimum Gasteiger partial charge on any atom is -0.355 e. The number of rotatable bonds is 7. The van der Waals surface area contributed by atoms with Crippen LogP contribution in [-0.2, 0) is 11.3 Å². The van der Waals surface area contributed by atoms with Crippen molar-refractivity contribution < 1.29 is 9.32 Å². The number of likely N-dealkylation sites (tertiary alicyclic amines) is 1.